The van der Waals surface area contributed by atoms with Gasteiger partial charge in [0.1, 0.15) is 0 Å². The van der Waals surface area contributed by atoms with Crippen LogP contribution in [0, 0.1) is 0 Å². The zero-order chi connectivity index (χ0) is 16.9. The van der Waals surface area contributed by atoms with E-state index in [1.54, 1.807) is 7.05 Å². The Balaban J connectivity index is 1.84. The lowest BCUT2D eigenvalue weighted by Gasteiger charge is -2.34. The summed E-state index contributed by atoms with van der Waals surface area (Å²) < 4.78 is 0. The minimum Gasteiger partial charge on any atom is -0.369 e. The van der Waals surface area contributed by atoms with Gasteiger partial charge in [0.25, 0.3) is 0 Å². The number of fused-ring (bicyclic) bond motifs is 2. The van der Waals surface area contributed by atoms with Crippen LogP contribution in [0.25, 0.3) is 11.1 Å². The number of hydrogen-bond donors (Lipinski definition) is 1. The molecule has 24 heavy (non-hydrogen) atoms. The Morgan fingerprint density at radius 2 is 2.00 bits per heavy atom. The fraction of sp³-hybridized carbons (Fsp3) is 0.263. The number of rotatable bonds is 1. The van der Waals surface area contributed by atoms with Gasteiger partial charge >= 0.3 is 0 Å². The van der Waals surface area contributed by atoms with Gasteiger partial charge in [0.05, 0.1) is 12.0 Å². The van der Waals surface area contributed by atoms with Crippen LogP contribution in [0.4, 0.5) is 0 Å². The van der Waals surface area contributed by atoms with E-state index in [1.807, 2.05) is 24.3 Å². The Bertz CT molecular complexity index is 877. The first-order valence-corrected chi connectivity index (χ1v) is 8.38. The van der Waals surface area contributed by atoms with Gasteiger partial charge in [-0.05, 0) is 53.3 Å². The van der Waals surface area contributed by atoms with Crippen molar-refractivity contribution in [2.75, 3.05) is 7.05 Å². The molecule has 1 heterocycles. The number of nitrogens with two attached hydrogens (primary N) is 1. The van der Waals surface area contributed by atoms with Crippen LogP contribution >= 0.6 is 11.6 Å². The Morgan fingerprint density at radius 1 is 1.21 bits per heavy atom. The van der Waals surface area contributed by atoms with Crippen LogP contribution in [0.5, 0.6) is 0 Å². The molecule has 0 fully saturated rings. The van der Waals surface area contributed by atoms with Crippen LogP contribution in [0.3, 0.4) is 0 Å². The molecule has 0 radical (unpaired) electrons. The van der Waals surface area contributed by atoms with E-state index in [4.69, 9.17) is 22.3 Å². The number of amides is 1. The third-order valence-electron chi connectivity index (χ3n) is 5.07. The quantitative estimate of drug-likeness (QED) is 0.866. The summed E-state index contributed by atoms with van der Waals surface area (Å²) in [5.74, 6) is 0.316. The highest BCUT2D eigenvalue weighted by Crippen LogP contribution is 2.46. The number of carbonyl (C=O) groups is 1. The maximum atomic E-state index is 12.3. The molecule has 2 aromatic rings. The lowest BCUT2D eigenvalue weighted by atomic mass is 9.86. The van der Waals surface area contributed by atoms with Crippen LogP contribution in [0.15, 0.2) is 47.5 Å². The number of halogens is 1. The highest BCUT2D eigenvalue weighted by molar-refractivity contribution is 6.30. The zero-order valence-corrected chi connectivity index (χ0v) is 14.2. The summed E-state index contributed by atoms with van der Waals surface area (Å²) in [6.07, 6.45) is 2.11. The largest absolute Gasteiger partial charge is 0.369 e. The molecular formula is C19H18ClN3O. The van der Waals surface area contributed by atoms with Gasteiger partial charge in [-0.3, -0.25) is 9.69 Å². The SMILES string of the molecule is CN1C(=O)C[C@]2(CCc3ccc(-c4cccc(Cl)c4)cc32)N=C1N. The summed E-state index contributed by atoms with van der Waals surface area (Å²) in [5.41, 5.74) is 9.97. The van der Waals surface area contributed by atoms with Crippen LogP contribution in [0.2, 0.25) is 5.02 Å². The lowest BCUT2D eigenvalue weighted by Crippen LogP contribution is -2.47. The second-order valence-electron chi connectivity index (χ2n) is 6.51. The third-order valence-corrected chi connectivity index (χ3v) is 5.30. The molecular weight excluding hydrogens is 322 g/mol. The van der Waals surface area contributed by atoms with Gasteiger partial charge < -0.3 is 5.73 Å². The lowest BCUT2D eigenvalue weighted by molar-refractivity contribution is -0.128. The molecule has 5 heteroatoms. The van der Waals surface area contributed by atoms with E-state index in [-0.39, 0.29) is 5.91 Å². The van der Waals surface area contributed by atoms with Crippen molar-refractivity contribution in [3.8, 4) is 11.1 Å². The van der Waals surface area contributed by atoms with E-state index in [2.05, 4.69) is 18.2 Å². The van der Waals surface area contributed by atoms with Gasteiger partial charge in [0.15, 0.2) is 5.96 Å². The Labute approximate surface area is 145 Å². The highest BCUT2D eigenvalue weighted by Gasteiger charge is 2.44. The van der Waals surface area contributed by atoms with E-state index in [1.165, 1.54) is 10.5 Å². The van der Waals surface area contributed by atoms with Crippen LogP contribution in [-0.4, -0.2) is 23.8 Å². The molecule has 4 rings (SSSR count). The molecule has 1 aliphatic carbocycles. The van der Waals surface area contributed by atoms with Gasteiger partial charge in [0.2, 0.25) is 5.91 Å². The van der Waals surface area contributed by atoms with Crippen LogP contribution < -0.4 is 5.73 Å². The number of benzene rings is 2. The number of guanidine groups is 1. The summed E-state index contributed by atoms with van der Waals surface area (Å²) in [6.45, 7) is 0. The second kappa shape index (κ2) is 5.35. The maximum absolute atomic E-state index is 12.3. The van der Waals surface area contributed by atoms with Gasteiger partial charge in [-0.1, -0.05) is 35.9 Å². The third kappa shape index (κ3) is 2.29. The molecule has 1 aliphatic heterocycles. The Morgan fingerprint density at radius 3 is 2.75 bits per heavy atom. The normalized spacial score (nSPS) is 22.7. The first-order valence-electron chi connectivity index (χ1n) is 8.00. The summed E-state index contributed by atoms with van der Waals surface area (Å²) in [6, 6.07) is 14.2. The standard InChI is InChI=1S/C19H18ClN3O/c1-23-17(24)11-19(22-18(23)21)8-7-12-5-6-14(10-16(12)19)13-3-2-4-15(20)9-13/h2-6,9-10H,7-8,11H2,1H3,(H2,21,22)/t19-/m0/s1. The van der Waals surface area contributed by atoms with Gasteiger partial charge in [0, 0.05) is 12.1 Å². The predicted molar refractivity (Wildman–Crippen MR) is 95.9 cm³/mol. The van der Waals surface area contributed by atoms with Gasteiger partial charge in [-0.25, -0.2) is 4.99 Å². The van der Waals surface area contributed by atoms with Gasteiger partial charge in [-0.2, -0.15) is 0 Å². The topological polar surface area (TPSA) is 58.7 Å². The number of nitrogens with zero attached hydrogens (tertiary/aromatic N) is 2. The Hall–Kier alpha value is -2.33. The van der Waals surface area contributed by atoms with E-state index in [9.17, 15) is 4.79 Å². The van der Waals surface area contributed by atoms with E-state index in [0.29, 0.717) is 17.4 Å². The number of hydrogen-bond acceptors (Lipinski definition) is 3. The van der Waals surface area contributed by atoms with Crippen molar-refractivity contribution in [3.05, 3.63) is 58.6 Å². The van der Waals surface area contributed by atoms with E-state index < -0.39 is 5.54 Å². The summed E-state index contributed by atoms with van der Waals surface area (Å²) in [5, 5.41) is 0.708. The molecule has 1 atom stereocenters. The van der Waals surface area contributed by atoms with Crippen LogP contribution in [-0.2, 0) is 16.8 Å². The van der Waals surface area contributed by atoms with Crippen molar-refractivity contribution in [2.45, 2.75) is 24.8 Å². The molecule has 1 spiro atoms. The summed E-state index contributed by atoms with van der Waals surface area (Å²) in [4.78, 5) is 18.5. The molecule has 2 aromatic carbocycles. The van der Waals surface area contributed by atoms with Crippen molar-refractivity contribution >= 4 is 23.5 Å². The molecule has 0 saturated heterocycles. The molecule has 0 bridgehead atoms. The van der Waals surface area contributed by atoms with Crippen molar-refractivity contribution in [1.29, 1.82) is 0 Å². The maximum Gasteiger partial charge on any atom is 0.231 e. The molecule has 2 N–H and O–H groups in total. The summed E-state index contributed by atoms with van der Waals surface area (Å²) >= 11 is 6.12. The van der Waals surface area contributed by atoms with Gasteiger partial charge in [-0.15, -0.1) is 0 Å². The fourth-order valence-electron chi connectivity index (χ4n) is 3.68. The van der Waals surface area contributed by atoms with E-state index >= 15 is 0 Å². The molecule has 0 aromatic heterocycles. The second-order valence-corrected chi connectivity index (χ2v) is 6.95. The smallest absolute Gasteiger partial charge is 0.231 e. The van der Waals surface area contributed by atoms with Crippen molar-refractivity contribution < 1.29 is 4.79 Å². The molecule has 4 nitrogen and oxygen atoms in total. The zero-order valence-electron chi connectivity index (χ0n) is 13.4. The Kier molecular flexibility index (Phi) is 3.39. The number of aliphatic imine (C=N–C) groups is 1. The minimum atomic E-state index is -0.516. The molecule has 2 aliphatic rings. The molecule has 122 valence electrons. The predicted octanol–water partition coefficient (Wildman–Crippen LogP) is 3.33. The fourth-order valence-corrected chi connectivity index (χ4v) is 3.87. The minimum absolute atomic E-state index is 0.0171. The molecule has 0 unspecified atom stereocenters. The number of carbonyl (C=O) groups excluding carboxylic acids is 1. The van der Waals surface area contributed by atoms with Crippen molar-refractivity contribution in [2.24, 2.45) is 10.7 Å². The number of aryl methyl sites for hydroxylation is 1. The average molecular weight is 340 g/mol. The first-order chi connectivity index (χ1) is 11.5. The van der Waals surface area contributed by atoms with Crippen LogP contribution in [0.1, 0.15) is 24.0 Å². The monoisotopic (exact) mass is 339 g/mol. The van der Waals surface area contributed by atoms with Crippen molar-refractivity contribution in [1.82, 2.24) is 4.90 Å². The van der Waals surface area contributed by atoms with E-state index in [0.717, 1.165) is 29.5 Å². The first kappa shape index (κ1) is 15.2. The highest BCUT2D eigenvalue weighted by atomic mass is 35.5. The van der Waals surface area contributed by atoms with Crippen molar-refractivity contribution in [3.63, 3.8) is 0 Å². The molecule has 0 saturated carbocycles. The summed E-state index contributed by atoms with van der Waals surface area (Å²) in [7, 11) is 1.67. The molecule has 1 amide bonds. The average Bonchev–Trinajstić information content (AvgIpc) is 2.90.